The Balaban J connectivity index is 1.79. The summed E-state index contributed by atoms with van der Waals surface area (Å²) in [7, 11) is -3.12. The van der Waals surface area contributed by atoms with Crippen LogP contribution in [0.3, 0.4) is 0 Å². The van der Waals surface area contributed by atoms with Crippen LogP contribution >= 0.6 is 11.3 Å². The van der Waals surface area contributed by atoms with Gasteiger partial charge in [0.15, 0.2) is 5.13 Å². The van der Waals surface area contributed by atoms with E-state index in [1.54, 1.807) is 12.3 Å². The number of piperidine rings is 1. The Morgan fingerprint density at radius 1 is 1.52 bits per heavy atom. The first kappa shape index (κ1) is 16.2. The number of nitrogens with two attached hydrogens (primary N) is 1. The van der Waals surface area contributed by atoms with Crippen molar-refractivity contribution in [2.24, 2.45) is 0 Å². The fraction of sp³-hybridized carbons (Fsp3) is 0.667. The number of nitrogen functional groups attached to an aromatic ring is 1. The summed E-state index contributed by atoms with van der Waals surface area (Å²) in [6.07, 6.45) is 1.50. The van der Waals surface area contributed by atoms with E-state index in [1.165, 1.54) is 15.6 Å². The van der Waals surface area contributed by atoms with Gasteiger partial charge in [-0.1, -0.05) is 0 Å². The molecule has 1 aliphatic heterocycles. The molecular formula is C12H20N4O3S2. The van der Waals surface area contributed by atoms with Crippen LogP contribution in [0.1, 0.15) is 25.5 Å². The summed E-state index contributed by atoms with van der Waals surface area (Å²) in [5.41, 5.74) is 6.19. The lowest BCUT2D eigenvalue weighted by Crippen LogP contribution is -2.47. The molecule has 0 spiro atoms. The SMILES string of the molecule is CCS(=O)(=O)N1CCC(NC(=O)Cc2csc(N)n2)CC1. The van der Waals surface area contributed by atoms with E-state index >= 15 is 0 Å². The maximum atomic E-state index is 11.9. The molecule has 1 aromatic heterocycles. The Morgan fingerprint density at radius 3 is 2.71 bits per heavy atom. The number of carbonyl (C=O) groups excluding carboxylic acids is 1. The van der Waals surface area contributed by atoms with Crippen LogP contribution in [0.15, 0.2) is 5.38 Å². The first-order chi connectivity index (χ1) is 9.90. The summed E-state index contributed by atoms with van der Waals surface area (Å²) in [5.74, 6) is 0.0204. The van der Waals surface area contributed by atoms with Crippen molar-refractivity contribution < 1.29 is 13.2 Å². The summed E-state index contributed by atoms with van der Waals surface area (Å²) >= 11 is 1.31. The van der Waals surface area contributed by atoms with Gasteiger partial charge in [-0.05, 0) is 19.8 Å². The van der Waals surface area contributed by atoms with Crippen LogP contribution in [0, 0.1) is 0 Å². The molecule has 0 aliphatic carbocycles. The highest BCUT2D eigenvalue weighted by molar-refractivity contribution is 7.89. The minimum Gasteiger partial charge on any atom is -0.375 e. The smallest absolute Gasteiger partial charge is 0.226 e. The van der Waals surface area contributed by atoms with Crippen LogP contribution in [-0.4, -0.2) is 48.5 Å². The van der Waals surface area contributed by atoms with Crippen LogP contribution in [0.2, 0.25) is 0 Å². The quantitative estimate of drug-likeness (QED) is 0.801. The first-order valence-electron chi connectivity index (χ1n) is 6.87. The summed E-state index contributed by atoms with van der Waals surface area (Å²) < 4.78 is 25.0. The van der Waals surface area contributed by atoms with Gasteiger partial charge in [0.1, 0.15) is 0 Å². The lowest BCUT2D eigenvalue weighted by molar-refractivity contribution is -0.121. The second kappa shape index (κ2) is 6.71. The van der Waals surface area contributed by atoms with E-state index in [-0.39, 0.29) is 24.1 Å². The standard InChI is InChI=1S/C12H20N4O3S2/c1-2-21(18,19)16-5-3-9(4-6-16)14-11(17)7-10-8-20-12(13)15-10/h8-9H,2-7H2,1H3,(H2,13,15)(H,14,17). The molecule has 0 unspecified atom stereocenters. The lowest BCUT2D eigenvalue weighted by atomic mass is 10.1. The maximum absolute atomic E-state index is 11.9. The van der Waals surface area contributed by atoms with Crippen LogP contribution in [0.4, 0.5) is 5.13 Å². The van der Waals surface area contributed by atoms with Gasteiger partial charge < -0.3 is 11.1 Å². The number of amides is 1. The molecule has 0 bridgehead atoms. The minimum absolute atomic E-state index is 0.0248. The van der Waals surface area contributed by atoms with Crippen LogP contribution < -0.4 is 11.1 Å². The molecule has 2 rings (SSSR count). The fourth-order valence-corrected chi connectivity index (χ4v) is 4.00. The predicted octanol–water partition coefficient (Wildman–Crippen LogP) is 0.198. The molecule has 3 N–H and O–H groups in total. The molecule has 7 nitrogen and oxygen atoms in total. The van der Waals surface area contributed by atoms with Gasteiger partial charge in [0.05, 0.1) is 17.9 Å². The van der Waals surface area contributed by atoms with Crippen molar-refractivity contribution in [2.45, 2.75) is 32.2 Å². The largest absolute Gasteiger partial charge is 0.375 e. The van der Waals surface area contributed by atoms with Crippen LogP contribution in [0.25, 0.3) is 0 Å². The third kappa shape index (κ3) is 4.39. The molecule has 1 saturated heterocycles. The average molecular weight is 332 g/mol. The van der Waals surface area contributed by atoms with Crippen LogP contribution in [-0.2, 0) is 21.2 Å². The highest BCUT2D eigenvalue weighted by Gasteiger charge is 2.27. The molecule has 21 heavy (non-hydrogen) atoms. The zero-order valence-electron chi connectivity index (χ0n) is 11.9. The summed E-state index contributed by atoms with van der Waals surface area (Å²) in [6.45, 7) is 2.57. The number of thiazole rings is 1. The van der Waals surface area contributed by atoms with Gasteiger partial charge in [-0.15, -0.1) is 11.3 Å². The van der Waals surface area contributed by atoms with E-state index in [1.807, 2.05) is 0 Å². The average Bonchev–Trinajstić information content (AvgIpc) is 2.84. The minimum atomic E-state index is -3.12. The Bertz CT molecular complexity index is 591. The number of carbonyl (C=O) groups is 1. The van der Waals surface area contributed by atoms with Crippen molar-refractivity contribution in [2.75, 3.05) is 24.6 Å². The van der Waals surface area contributed by atoms with E-state index in [2.05, 4.69) is 10.3 Å². The molecule has 0 aromatic carbocycles. The Labute approximate surface area is 128 Å². The van der Waals surface area contributed by atoms with Crippen molar-refractivity contribution in [3.63, 3.8) is 0 Å². The molecule has 9 heteroatoms. The monoisotopic (exact) mass is 332 g/mol. The van der Waals surface area contributed by atoms with Crippen LogP contribution in [0.5, 0.6) is 0 Å². The molecule has 1 aromatic rings. The van der Waals surface area contributed by atoms with Gasteiger partial charge in [-0.25, -0.2) is 17.7 Å². The molecule has 0 atom stereocenters. The number of nitrogens with one attached hydrogen (secondary N) is 1. The maximum Gasteiger partial charge on any atom is 0.226 e. The highest BCUT2D eigenvalue weighted by Crippen LogP contribution is 2.15. The predicted molar refractivity (Wildman–Crippen MR) is 82.4 cm³/mol. The second-order valence-electron chi connectivity index (χ2n) is 5.00. The number of nitrogens with zero attached hydrogens (tertiary/aromatic N) is 2. The van der Waals surface area contributed by atoms with E-state index in [4.69, 9.17) is 5.73 Å². The van der Waals surface area contributed by atoms with Gasteiger partial charge in [-0.2, -0.15) is 0 Å². The Kier molecular flexibility index (Phi) is 5.17. The number of hydrogen-bond acceptors (Lipinski definition) is 6. The number of sulfonamides is 1. The second-order valence-corrected chi connectivity index (χ2v) is 8.14. The number of rotatable bonds is 5. The topological polar surface area (TPSA) is 105 Å². The van der Waals surface area contributed by atoms with Gasteiger partial charge >= 0.3 is 0 Å². The molecular weight excluding hydrogens is 312 g/mol. The normalized spacial score (nSPS) is 17.8. The number of hydrogen-bond donors (Lipinski definition) is 2. The number of aromatic nitrogens is 1. The van der Waals surface area contributed by atoms with Crippen molar-refractivity contribution in [1.82, 2.24) is 14.6 Å². The Morgan fingerprint density at radius 2 is 2.19 bits per heavy atom. The third-order valence-electron chi connectivity index (χ3n) is 3.49. The Hall–Kier alpha value is -1.19. The van der Waals surface area contributed by atoms with Crippen molar-refractivity contribution >= 4 is 32.4 Å². The van der Waals surface area contributed by atoms with E-state index in [0.29, 0.717) is 36.8 Å². The third-order valence-corrected chi connectivity index (χ3v) is 6.09. The lowest BCUT2D eigenvalue weighted by Gasteiger charge is -2.31. The van der Waals surface area contributed by atoms with Gasteiger partial charge in [0.2, 0.25) is 15.9 Å². The van der Waals surface area contributed by atoms with Crippen molar-refractivity contribution in [3.05, 3.63) is 11.1 Å². The molecule has 2 heterocycles. The van der Waals surface area contributed by atoms with E-state index in [9.17, 15) is 13.2 Å². The van der Waals surface area contributed by atoms with Gasteiger partial charge in [0.25, 0.3) is 0 Å². The molecule has 0 saturated carbocycles. The molecule has 1 aliphatic rings. The zero-order valence-corrected chi connectivity index (χ0v) is 13.5. The van der Waals surface area contributed by atoms with Gasteiger partial charge in [0, 0.05) is 24.5 Å². The molecule has 0 radical (unpaired) electrons. The van der Waals surface area contributed by atoms with Gasteiger partial charge in [-0.3, -0.25) is 4.79 Å². The van der Waals surface area contributed by atoms with E-state index in [0.717, 1.165) is 0 Å². The summed E-state index contributed by atoms with van der Waals surface area (Å²) in [5, 5.41) is 5.15. The summed E-state index contributed by atoms with van der Waals surface area (Å²) in [4.78, 5) is 16.0. The fourth-order valence-electron chi connectivity index (χ4n) is 2.31. The first-order valence-corrected chi connectivity index (χ1v) is 9.36. The summed E-state index contributed by atoms with van der Waals surface area (Å²) in [6, 6.07) is 0.0248. The molecule has 1 fully saturated rings. The van der Waals surface area contributed by atoms with E-state index < -0.39 is 10.0 Å². The molecule has 1 amide bonds. The molecule has 118 valence electrons. The van der Waals surface area contributed by atoms with Crippen molar-refractivity contribution in [1.29, 1.82) is 0 Å². The number of anilines is 1. The zero-order chi connectivity index (χ0) is 15.5. The highest BCUT2D eigenvalue weighted by atomic mass is 32.2. The van der Waals surface area contributed by atoms with Crippen molar-refractivity contribution in [3.8, 4) is 0 Å².